The van der Waals surface area contributed by atoms with Crippen LogP contribution < -0.4 is 0 Å². The monoisotopic (exact) mass is 257 g/mol. The lowest BCUT2D eigenvalue weighted by molar-refractivity contribution is -0.152. The van der Waals surface area contributed by atoms with E-state index in [9.17, 15) is 9.90 Å². The first-order chi connectivity index (χ1) is 8.64. The predicted molar refractivity (Wildman–Crippen MR) is 71.6 cm³/mol. The van der Waals surface area contributed by atoms with Gasteiger partial charge in [-0.3, -0.25) is 4.79 Å². The zero-order valence-electron chi connectivity index (χ0n) is 11.5. The SMILES string of the molecule is CCCC1(C(=O)O)CCN(CCCCCO)CC1. The average molecular weight is 257 g/mol. The predicted octanol–water partition coefficient (Wildman–Crippen LogP) is 2.12. The molecular formula is C14H27NO3. The molecule has 1 saturated heterocycles. The molecule has 0 amide bonds. The first-order valence-electron chi connectivity index (χ1n) is 7.21. The number of rotatable bonds is 8. The van der Waals surface area contributed by atoms with E-state index in [1.807, 2.05) is 0 Å². The summed E-state index contributed by atoms with van der Waals surface area (Å²) in [5.74, 6) is -0.607. The fourth-order valence-corrected chi connectivity index (χ4v) is 2.88. The fraction of sp³-hybridized carbons (Fsp3) is 0.929. The van der Waals surface area contributed by atoms with Crippen molar-refractivity contribution in [2.45, 2.75) is 51.9 Å². The highest BCUT2D eigenvalue weighted by atomic mass is 16.4. The van der Waals surface area contributed by atoms with Gasteiger partial charge in [-0.15, -0.1) is 0 Å². The Hall–Kier alpha value is -0.610. The van der Waals surface area contributed by atoms with Crippen molar-refractivity contribution in [3.8, 4) is 0 Å². The van der Waals surface area contributed by atoms with Crippen molar-refractivity contribution < 1.29 is 15.0 Å². The number of aliphatic hydroxyl groups excluding tert-OH is 1. The van der Waals surface area contributed by atoms with Crippen molar-refractivity contribution in [2.75, 3.05) is 26.2 Å². The Balaban J connectivity index is 2.32. The van der Waals surface area contributed by atoms with E-state index in [2.05, 4.69) is 11.8 Å². The molecule has 0 atom stereocenters. The average Bonchev–Trinajstić information content (AvgIpc) is 2.37. The Kier molecular flexibility index (Phi) is 6.65. The van der Waals surface area contributed by atoms with Gasteiger partial charge in [0.1, 0.15) is 0 Å². The van der Waals surface area contributed by atoms with Crippen molar-refractivity contribution in [3.63, 3.8) is 0 Å². The van der Waals surface area contributed by atoms with E-state index in [-0.39, 0.29) is 6.61 Å². The molecule has 1 rings (SSSR count). The zero-order valence-corrected chi connectivity index (χ0v) is 11.5. The summed E-state index contributed by atoms with van der Waals surface area (Å²) >= 11 is 0. The molecule has 1 heterocycles. The van der Waals surface area contributed by atoms with Crippen LogP contribution in [0.5, 0.6) is 0 Å². The Bertz CT molecular complexity index is 247. The molecule has 0 aromatic carbocycles. The van der Waals surface area contributed by atoms with Crippen LogP contribution in [0.3, 0.4) is 0 Å². The number of aliphatic carboxylic acids is 1. The third-order valence-corrected chi connectivity index (χ3v) is 4.13. The van der Waals surface area contributed by atoms with E-state index in [1.54, 1.807) is 0 Å². The first kappa shape index (κ1) is 15.4. The van der Waals surface area contributed by atoms with Crippen LogP contribution in [0.2, 0.25) is 0 Å². The van der Waals surface area contributed by atoms with E-state index in [4.69, 9.17) is 5.11 Å². The summed E-state index contributed by atoms with van der Waals surface area (Å²) in [6.45, 7) is 5.20. The van der Waals surface area contributed by atoms with E-state index in [0.717, 1.165) is 64.6 Å². The Morgan fingerprint density at radius 3 is 2.39 bits per heavy atom. The van der Waals surface area contributed by atoms with E-state index < -0.39 is 11.4 Å². The van der Waals surface area contributed by atoms with Crippen LogP contribution in [0.4, 0.5) is 0 Å². The summed E-state index contributed by atoms with van der Waals surface area (Å²) in [4.78, 5) is 13.8. The normalized spacial score (nSPS) is 19.9. The largest absolute Gasteiger partial charge is 0.481 e. The number of carboxylic acids is 1. The van der Waals surface area contributed by atoms with Crippen LogP contribution in [0.25, 0.3) is 0 Å². The summed E-state index contributed by atoms with van der Waals surface area (Å²) in [5, 5.41) is 18.1. The van der Waals surface area contributed by atoms with Crippen molar-refractivity contribution in [1.29, 1.82) is 0 Å². The van der Waals surface area contributed by atoms with E-state index in [1.165, 1.54) is 0 Å². The first-order valence-corrected chi connectivity index (χ1v) is 7.21. The number of aliphatic hydroxyl groups is 1. The number of hydrogen-bond acceptors (Lipinski definition) is 3. The van der Waals surface area contributed by atoms with Crippen molar-refractivity contribution in [1.82, 2.24) is 4.90 Å². The number of piperidine rings is 1. The molecule has 1 fully saturated rings. The van der Waals surface area contributed by atoms with E-state index in [0.29, 0.717) is 0 Å². The summed E-state index contributed by atoms with van der Waals surface area (Å²) in [6, 6.07) is 0. The van der Waals surface area contributed by atoms with Crippen LogP contribution in [0.15, 0.2) is 0 Å². The number of carbonyl (C=O) groups is 1. The highest BCUT2D eigenvalue weighted by Crippen LogP contribution is 2.36. The second kappa shape index (κ2) is 7.74. The van der Waals surface area contributed by atoms with Gasteiger partial charge in [-0.25, -0.2) is 0 Å². The molecular weight excluding hydrogens is 230 g/mol. The lowest BCUT2D eigenvalue weighted by Gasteiger charge is -2.38. The molecule has 1 aliphatic rings. The van der Waals surface area contributed by atoms with Crippen LogP contribution in [0, 0.1) is 5.41 Å². The molecule has 4 nitrogen and oxygen atoms in total. The van der Waals surface area contributed by atoms with Gasteiger partial charge in [-0.05, 0) is 58.2 Å². The molecule has 0 aromatic heterocycles. The third-order valence-electron chi connectivity index (χ3n) is 4.13. The number of nitrogens with zero attached hydrogens (tertiary/aromatic N) is 1. The van der Waals surface area contributed by atoms with Gasteiger partial charge in [0.15, 0.2) is 0 Å². The van der Waals surface area contributed by atoms with Gasteiger partial charge in [-0.1, -0.05) is 13.3 Å². The van der Waals surface area contributed by atoms with Crippen molar-refractivity contribution in [2.24, 2.45) is 5.41 Å². The molecule has 0 aliphatic carbocycles. The smallest absolute Gasteiger partial charge is 0.309 e. The number of hydrogen-bond donors (Lipinski definition) is 2. The minimum Gasteiger partial charge on any atom is -0.481 e. The van der Waals surface area contributed by atoms with Crippen LogP contribution >= 0.6 is 0 Å². The molecule has 18 heavy (non-hydrogen) atoms. The van der Waals surface area contributed by atoms with Gasteiger partial charge in [0, 0.05) is 6.61 Å². The zero-order chi connectivity index (χ0) is 13.4. The van der Waals surface area contributed by atoms with Crippen LogP contribution in [0.1, 0.15) is 51.9 Å². The maximum Gasteiger partial charge on any atom is 0.309 e. The van der Waals surface area contributed by atoms with Crippen LogP contribution in [-0.4, -0.2) is 47.3 Å². The highest BCUT2D eigenvalue weighted by Gasteiger charge is 2.40. The van der Waals surface area contributed by atoms with Gasteiger partial charge in [0.05, 0.1) is 5.41 Å². The number of likely N-dealkylation sites (tertiary alicyclic amines) is 1. The minimum atomic E-state index is -0.607. The Morgan fingerprint density at radius 1 is 1.22 bits per heavy atom. The molecule has 4 heteroatoms. The molecule has 106 valence electrons. The second-order valence-corrected chi connectivity index (χ2v) is 5.46. The van der Waals surface area contributed by atoms with Gasteiger partial charge in [-0.2, -0.15) is 0 Å². The van der Waals surface area contributed by atoms with Crippen molar-refractivity contribution in [3.05, 3.63) is 0 Å². The standard InChI is InChI=1S/C14H27NO3/c1-2-6-14(13(17)18)7-10-15(11-8-14)9-4-3-5-12-16/h16H,2-12H2,1H3,(H,17,18). The quantitative estimate of drug-likeness (QED) is 0.654. The summed E-state index contributed by atoms with van der Waals surface area (Å²) in [5.41, 5.74) is -0.462. The van der Waals surface area contributed by atoms with Gasteiger partial charge >= 0.3 is 5.97 Å². The molecule has 1 aliphatic heterocycles. The Morgan fingerprint density at radius 2 is 1.89 bits per heavy atom. The second-order valence-electron chi connectivity index (χ2n) is 5.46. The molecule has 0 aromatic rings. The number of carboxylic acid groups (broad SMARTS) is 1. The molecule has 0 bridgehead atoms. The minimum absolute atomic E-state index is 0.276. The molecule has 0 saturated carbocycles. The number of unbranched alkanes of at least 4 members (excludes halogenated alkanes) is 2. The van der Waals surface area contributed by atoms with Crippen LogP contribution in [-0.2, 0) is 4.79 Å². The third kappa shape index (κ3) is 4.25. The molecule has 2 N–H and O–H groups in total. The van der Waals surface area contributed by atoms with E-state index >= 15 is 0 Å². The maximum atomic E-state index is 11.4. The summed E-state index contributed by atoms with van der Waals surface area (Å²) < 4.78 is 0. The lowest BCUT2D eigenvalue weighted by Crippen LogP contribution is -2.44. The molecule has 0 radical (unpaired) electrons. The Labute approximate surface area is 110 Å². The van der Waals surface area contributed by atoms with Crippen molar-refractivity contribution >= 4 is 5.97 Å². The lowest BCUT2D eigenvalue weighted by atomic mass is 9.75. The molecule has 0 spiro atoms. The molecule has 0 unspecified atom stereocenters. The summed E-state index contributed by atoms with van der Waals surface area (Å²) in [7, 11) is 0. The maximum absolute atomic E-state index is 11.4. The summed E-state index contributed by atoms with van der Waals surface area (Å²) in [6.07, 6.45) is 6.37. The topological polar surface area (TPSA) is 60.8 Å². The highest BCUT2D eigenvalue weighted by molar-refractivity contribution is 5.74. The fourth-order valence-electron chi connectivity index (χ4n) is 2.88. The van der Waals surface area contributed by atoms with Gasteiger partial charge in [0.2, 0.25) is 0 Å². The van der Waals surface area contributed by atoms with Gasteiger partial charge < -0.3 is 15.1 Å². The van der Waals surface area contributed by atoms with Gasteiger partial charge in [0.25, 0.3) is 0 Å².